The Morgan fingerprint density at radius 2 is 1.75 bits per heavy atom. The number of amides is 2. The Bertz CT molecular complexity index is 834. The maximum atomic E-state index is 13.9. The number of nitrogens with one attached hydrogen (secondary N) is 1. The summed E-state index contributed by atoms with van der Waals surface area (Å²) >= 11 is 0. The monoisotopic (exact) mass is 385 g/mol. The molecule has 0 saturated carbocycles. The smallest absolute Gasteiger partial charge is 0.244 e. The van der Waals surface area contributed by atoms with Gasteiger partial charge < -0.3 is 15.1 Å². The van der Waals surface area contributed by atoms with E-state index in [0.29, 0.717) is 11.3 Å². The Kier molecular flexibility index (Phi) is 7.55. The van der Waals surface area contributed by atoms with Gasteiger partial charge in [-0.3, -0.25) is 9.59 Å². The Morgan fingerprint density at radius 1 is 1.07 bits per heavy atom. The van der Waals surface area contributed by atoms with Crippen LogP contribution < -0.4 is 10.2 Å². The first-order valence-corrected chi connectivity index (χ1v) is 9.50. The van der Waals surface area contributed by atoms with E-state index in [1.165, 1.54) is 17.9 Å². The van der Waals surface area contributed by atoms with Crippen molar-refractivity contribution in [3.8, 4) is 0 Å². The van der Waals surface area contributed by atoms with Crippen LogP contribution in [0.1, 0.15) is 31.9 Å². The second kappa shape index (κ2) is 9.88. The molecule has 0 atom stereocenters. The van der Waals surface area contributed by atoms with Gasteiger partial charge in [0.2, 0.25) is 11.8 Å². The maximum absolute atomic E-state index is 13.9. The van der Waals surface area contributed by atoms with Gasteiger partial charge in [0.25, 0.3) is 0 Å². The van der Waals surface area contributed by atoms with Crippen molar-refractivity contribution < 1.29 is 14.0 Å². The predicted octanol–water partition coefficient (Wildman–Crippen LogP) is 3.97. The summed E-state index contributed by atoms with van der Waals surface area (Å²) < 4.78 is 13.9. The summed E-state index contributed by atoms with van der Waals surface area (Å²) in [4.78, 5) is 27.9. The van der Waals surface area contributed by atoms with E-state index in [2.05, 4.69) is 24.1 Å². The van der Waals surface area contributed by atoms with Crippen LogP contribution in [0.4, 0.5) is 15.8 Å². The van der Waals surface area contributed by atoms with Crippen LogP contribution >= 0.6 is 0 Å². The van der Waals surface area contributed by atoms with E-state index >= 15 is 0 Å². The fraction of sp³-hybridized carbons (Fsp3) is 0.364. The highest BCUT2D eigenvalue weighted by molar-refractivity contribution is 5.95. The maximum Gasteiger partial charge on any atom is 0.244 e. The highest BCUT2D eigenvalue weighted by Crippen LogP contribution is 2.22. The van der Waals surface area contributed by atoms with Crippen molar-refractivity contribution in [1.29, 1.82) is 0 Å². The van der Waals surface area contributed by atoms with Crippen LogP contribution in [0.2, 0.25) is 0 Å². The Labute approximate surface area is 166 Å². The molecule has 0 aliphatic carbocycles. The summed E-state index contributed by atoms with van der Waals surface area (Å²) in [7, 11) is 0. The molecule has 0 saturated heterocycles. The first-order chi connectivity index (χ1) is 13.3. The van der Waals surface area contributed by atoms with Crippen LogP contribution in [0.15, 0.2) is 42.5 Å². The van der Waals surface area contributed by atoms with Crippen LogP contribution in [0.25, 0.3) is 0 Å². The number of nitrogens with zero attached hydrogens (tertiary/aromatic N) is 2. The molecule has 2 rings (SSSR count). The molecular formula is C22H28FN3O2. The Balaban J connectivity index is 2.07. The first kappa shape index (κ1) is 21.4. The third-order valence-corrected chi connectivity index (χ3v) is 4.71. The molecule has 0 bridgehead atoms. The van der Waals surface area contributed by atoms with Crippen molar-refractivity contribution >= 4 is 23.2 Å². The van der Waals surface area contributed by atoms with Crippen molar-refractivity contribution in [1.82, 2.24) is 4.90 Å². The molecule has 2 aromatic rings. The lowest BCUT2D eigenvalue weighted by Gasteiger charge is -2.23. The van der Waals surface area contributed by atoms with Gasteiger partial charge in [-0.1, -0.05) is 18.2 Å². The molecule has 0 heterocycles. The highest BCUT2D eigenvalue weighted by Gasteiger charge is 2.16. The summed E-state index contributed by atoms with van der Waals surface area (Å²) in [5, 5.41) is 2.85. The predicted molar refractivity (Wildman–Crippen MR) is 111 cm³/mol. The third kappa shape index (κ3) is 5.55. The van der Waals surface area contributed by atoms with Crippen LogP contribution in [0.5, 0.6) is 0 Å². The molecule has 0 aliphatic rings. The minimum absolute atomic E-state index is 0.0509. The zero-order valence-corrected chi connectivity index (χ0v) is 17.0. The molecule has 0 radical (unpaired) electrons. The first-order valence-electron chi connectivity index (χ1n) is 9.50. The van der Waals surface area contributed by atoms with Crippen LogP contribution in [0.3, 0.4) is 0 Å². The number of halogens is 1. The average Bonchev–Trinajstić information content (AvgIpc) is 2.66. The van der Waals surface area contributed by atoms with Gasteiger partial charge in [-0.15, -0.1) is 0 Å². The number of hydrogen-bond acceptors (Lipinski definition) is 3. The van der Waals surface area contributed by atoms with E-state index in [0.717, 1.165) is 24.3 Å². The SMILES string of the molecule is CCN(CC)c1ccc(NC(=O)CN(Cc2ccccc2F)C(C)=O)c(C)c1. The summed E-state index contributed by atoms with van der Waals surface area (Å²) in [6.45, 7) is 9.23. The van der Waals surface area contributed by atoms with Gasteiger partial charge in [0.1, 0.15) is 12.4 Å². The second-order valence-electron chi connectivity index (χ2n) is 6.69. The molecule has 1 N–H and O–H groups in total. The van der Waals surface area contributed by atoms with E-state index in [4.69, 9.17) is 0 Å². The van der Waals surface area contributed by atoms with Gasteiger partial charge in [0.05, 0.1) is 0 Å². The quantitative estimate of drug-likeness (QED) is 0.748. The van der Waals surface area contributed by atoms with Crippen LogP contribution in [-0.2, 0) is 16.1 Å². The van der Waals surface area contributed by atoms with Crippen molar-refractivity contribution in [3.05, 3.63) is 59.4 Å². The molecule has 2 amide bonds. The van der Waals surface area contributed by atoms with E-state index in [1.807, 2.05) is 25.1 Å². The molecule has 0 spiro atoms. The molecule has 150 valence electrons. The molecule has 0 aromatic heterocycles. The molecule has 2 aromatic carbocycles. The van der Waals surface area contributed by atoms with Gasteiger partial charge in [-0.25, -0.2) is 4.39 Å². The van der Waals surface area contributed by atoms with Crippen molar-refractivity contribution in [2.75, 3.05) is 29.9 Å². The zero-order chi connectivity index (χ0) is 20.7. The van der Waals surface area contributed by atoms with Gasteiger partial charge in [0, 0.05) is 43.5 Å². The van der Waals surface area contributed by atoms with Gasteiger partial charge in [0.15, 0.2) is 0 Å². The standard InChI is InChI=1S/C22H28FN3O2/c1-5-25(6-2)19-11-12-21(16(3)13-19)24-22(28)15-26(17(4)27)14-18-9-7-8-10-20(18)23/h7-13H,5-6,14-15H2,1-4H3,(H,24,28). The Morgan fingerprint density at radius 3 is 2.32 bits per heavy atom. The molecular weight excluding hydrogens is 357 g/mol. The number of benzene rings is 2. The number of rotatable bonds is 8. The highest BCUT2D eigenvalue weighted by atomic mass is 19.1. The lowest BCUT2D eigenvalue weighted by Crippen LogP contribution is -2.36. The van der Waals surface area contributed by atoms with E-state index in [1.54, 1.807) is 18.2 Å². The van der Waals surface area contributed by atoms with Crippen LogP contribution in [-0.4, -0.2) is 36.3 Å². The van der Waals surface area contributed by atoms with Crippen LogP contribution in [0, 0.1) is 12.7 Å². The Hall–Kier alpha value is -2.89. The summed E-state index contributed by atoms with van der Waals surface area (Å²) in [5.74, 6) is -0.991. The average molecular weight is 385 g/mol. The van der Waals surface area contributed by atoms with Gasteiger partial charge in [-0.05, 0) is 50.6 Å². The molecule has 6 heteroatoms. The fourth-order valence-electron chi connectivity index (χ4n) is 3.05. The number of aryl methyl sites for hydroxylation is 1. The largest absolute Gasteiger partial charge is 0.372 e. The van der Waals surface area contributed by atoms with E-state index in [9.17, 15) is 14.0 Å². The summed E-state index contributed by atoms with van der Waals surface area (Å²) in [6.07, 6.45) is 0. The second-order valence-corrected chi connectivity index (χ2v) is 6.69. The summed E-state index contributed by atoms with van der Waals surface area (Å²) in [6, 6.07) is 12.1. The minimum atomic E-state index is -0.392. The lowest BCUT2D eigenvalue weighted by molar-refractivity contribution is -0.133. The number of hydrogen-bond donors (Lipinski definition) is 1. The normalized spacial score (nSPS) is 10.5. The number of carbonyl (C=O) groups is 2. The summed E-state index contributed by atoms with van der Waals surface area (Å²) in [5.41, 5.74) is 3.13. The molecule has 5 nitrogen and oxygen atoms in total. The van der Waals surface area contributed by atoms with Crippen molar-refractivity contribution in [2.45, 2.75) is 34.2 Å². The number of anilines is 2. The molecule has 0 fully saturated rings. The van der Waals surface area contributed by atoms with E-state index in [-0.39, 0.29) is 24.9 Å². The molecule has 0 aliphatic heterocycles. The number of carbonyl (C=O) groups excluding carboxylic acids is 2. The van der Waals surface area contributed by atoms with Crippen molar-refractivity contribution in [2.24, 2.45) is 0 Å². The molecule has 28 heavy (non-hydrogen) atoms. The minimum Gasteiger partial charge on any atom is -0.372 e. The lowest BCUT2D eigenvalue weighted by atomic mass is 10.1. The van der Waals surface area contributed by atoms with Gasteiger partial charge in [-0.2, -0.15) is 0 Å². The molecule has 0 unspecified atom stereocenters. The zero-order valence-electron chi connectivity index (χ0n) is 17.0. The van der Waals surface area contributed by atoms with Crippen molar-refractivity contribution in [3.63, 3.8) is 0 Å². The third-order valence-electron chi connectivity index (χ3n) is 4.71. The topological polar surface area (TPSA) is 52.7 Å². The van der Waals surface area contributed by atoms with E-state index < -0.39 is 5.82 Å². The fourth-order valence-corrected chi connectivity index (χ4v) is 3.05. The van der Waals surface area contributed by atoms with Gasteiger partial charge >= 0.3 is 0 Å².